The fourth-order valence-electron chi connectivity index (χ4n) is 2.12. The number of amides is 1. The molecule has 0 bridgehead atoms. The molecular weight excluding hydrogens is 356 g/mol. The van der Waals surface area contributed by atoms with Crippen molar-refractivity contribution in [2.75, 3.05) is 0 Å². The van der Waals surface area contributed by atoms with Gasteiger partial charge in [-0.2, -0.15) is 0 Å². The molecule has 0 radical (unpaired) electrons. The lowest BCUT2D eigenvalue weighted by molar-refractivity contribution is 0.0950. The van der Waals surface area contributed by atoms with Crippen LogP contribution in [-0.2, 0) is 6.54 Å². The van der Waals surface area contributed by atoms with Crippen LogP contribution < -0.4 is 5.32 Å². The monoisotopic (exact) mass is 370 g/mol. The highest BCUT2D eigenvalue weighted by atomic mass is 79.9. The molecule has 3 aromatic rings. The second kappa shape index (κ2) is 6.79. The van der Waals surface area contributed by atoms with Crippen molar-refractivity contribution in [2.45, 2.75) is 13.5 Å². The molecule has 3 rings (SSSR count). The Balaban J connectivity index is 1.64. The van der Waals surface area contributed by atoms with E-state index in [1.807, 2.05) is 49.4 Å². The molecule has 1 N–H and O–H groups in total. The largest absolute Gasteiger partial charge is 0.356 e. The van der Waals surface area contributed by atoms with Crippen LogP contribution in [0.25, 0.3) is 11.3 Å². The first kappa shape index (κ1) is 15.5. The fourth-order valence-corrected chi connectivity index (χ4v) is 2.39. The van der Waals surface area contributed by atoms with Crippen molar-refractivity contribution in [1.29, 1.82) is 0 Å². The van der Waals surface area contributed by atoms with Crippen LogP contribution in [0.15, 0.2) is 63.6 Å². The van der Waals surface area contributed by atoms with Gasteiger partial charge in [-0.25, -0.2) is 0 Å². The van der Waals surface area contributed by atoms with Crippen LogP contribution in [0, 0.1) is 6.92 Å². The van der Waals surface area contributed by atoms with Gasteiger partial charge in [0.2, 0.25) is 0 Å². The number of nitrogens with zero attached hydrogens (tertiary/aromatic N) is 1. The number of benzene rings is 2. The average molecular weight is 371 g/mol. The van der Waals surface area contributed by atoms with Crippen molar-refractivity contribution < 1.29 is 9.32 Å². The number of halogens is 1. The molecule has 4 nitrogen and oxygen atoms in total. The molecule has 0 saturated heterocycles. The van der Waals surface area contributed by atoms with Crippen molar-refractivity contribution >= 4 is 21.8 Å². The highest BCUT2D eigenvalue weighted by Crippen LogP contribution is 2.20. The highest BCUT2D eigenvalue weighted by Gasteiger charge is 2.09. The molecular formula is C18H15BrN2O2. The number of rotatable bonds is 4. The predicted molar refractivity (Wildman–Crippen MR) is 92.0 cm³/mol. The Morgan fingerprint density at radius 2 is 1.83 bits per heavy atom. The SMILES string of the molecule is Cc1ccc(-c2cc(CNC(=O)c3ccc(Br)cc3)no2)cc1. The third-order valence-corrected chi connectivity index (χ3v) is 3.96. The Kier molecular flexibility index (Phi) is 4.57. The van der Waals surface area contributed by atoms with Gasteiger partial charge in [0.15, 0.2) is 5.76 Å². The maximum absolute atomic E-state index is 12.1. The second-order valence-electron chi connectivity index (χ2n) is 5.24. The molecule has 0 fully saturated rings. The number of nitrogens with one attached hydrogen (secondary N) is 1. The number of aryl methyl sites for hydroxylation is 1. The summed E-state index contributed by atoms with van der Waals surface area (Å²) in [6.07, 6.45) is 0. The summed E-state index contributed by atoms with van der Waals surface area (Å²) in [6, 6.07) is 17.0. The predicted octanol–water partition coefficient (Wildman–Crippen LogP) is 4.34. The first-order valence-electron chi connectivity index (χ1n) is 7.18. The van der Waals surface area contributed by atoms with Crippen LogP contribution >= 0.6 is 15.9 Å². The van der Waals surface area contributed by atoms with E-state index in [0.717, 1.165) is 10.0 Å². The van der Waals surface area contributed by atoms with E-state index in [2.05, 4.69) is 26.4 Å². The zero-order valence-corrected chi connectivity index (χ0v) is 14.1. The summed E-state index contributed by atoms with van der Waals surface area (Å²) >= 11 is 3.35. The van der Waals surface area contributed by atoms with Gasteiger partial charge in [-0.15, -0.1) is 0 Å². The van der Waals surface area contributed by atoms with Crippen LogP contribution in [0.4, 0.5) is 0 Å². The molecule has 0 saturated carbocycles. The van der Waals surface area contributed by atoms with Crippen LogP contribution in [0.3, 0.4) is 0 Å². The summed E-state index contributed by atoms with van der Waals surface area (Å²) in [4.78, 5) is 12.1. The number of hydrogen-bond donors (Lipinski definition) is 1. The minimum atomic E-state index is -0.141. The molecule has 0 unspecified atom stereocenters. The number of carbonyl (C=O) groups is 1. The van der Waals surface area contributed by atoms with Crippen molar-refractivity contribution in [2.24, 2.45) is 0 Å². The zero-order chi connectivity index (χ0) is 16.2. The average Bonchev–Trinajstić information content (AvgIpc) is 3.03. The van der Waals surface area contributed by atoms with Crippen molar-refractivity contribution in [3.05, 3.63) is 75.9 Å². The van der Waals surface area contributed by atoms with E-state index in [-0.39, 0.29) is 5.91 Å². The van der Waals surface area contributed by atoms with Gasteiger partial charge in [-0.1, -0.05) is 50.9 Å². The highest BCUT2D eigenvalue weighted by molar-refractivity contribution is 9.10. The summed E-state index contributed by atoms with van der Waals surface area (Å²) in [5.41, 5.74) is 3.45. The van der Waals surface area contributed by atoms with Gasteiger partial charge >= 0.3 is 0 Å². The van der Waals surface area contributed by atoms with Gasteiger partial charge in [0.25, 0.3) is 5.91 Å². The van der Waals surface area contributed by atoms with Gasteiger partial charge in [0, 0.05) is 21.7 Å². The maximum atomic E-state index is 12.1. The standard InChI is InChI=1S/C18H15BrN2O2/c1-12-2-4-13(5-3-12)17-10-16(21-23-17)11-20-18(22)14-6-8-15(19)9-7-14/h2-10H,11H2,1H3,(H,20,22). The van der Waals surface area contributed by atoms with Crippen molar-refractivity contribution in [1.82, 2.24) is 10.5 Å². The molecule has 1 aromatic heterocycles. The van der Waals surface area contributed by atoms with Crippen molar-refractivity contribution in [3.8, 4) is 11.3 Å². The number of hydrogen-bond acceptors (Lipinski definition) is 3. The minimum absolute atomic E-state index is 0.141. The Hall–Kier alpha value is -2.40. The Bertz CT molecular complexity index is 808. The molecule has 1 heterocycles. The lowest BCUT2D eigenvalue weighted by Gasteiger charge is -2.02. The fraction of sp³-hybridized carbons (Fsp3) is 0.111. The normalized spacial score (nSPS) is 10.5. The van der Waals surface area contributed by atoms with Gasteiger partial charge in [0.1, 0.15) is 5.69 Å². The van der Waals surface area contributed by atoms with Crippen LogP contribution in [0.2, 0.25) is 0 Å². The zero-order valence-electron chi connectivity index (χ0n) is 12.5. The lowest BCUT2D eigenvalue weighted by atomic mass is 10.1. The molecule has 1 amide bonds. The van der Waals surface area contributed by atoms with Crippen molar-refractivity contribution in [3.63, 3.8) is 0 Å². The second-order valence-corrected chi connectivity index (χ2v) is 6.15. The van der Waals surface area contributed by atoms with E-state index in [1.54, 1.807) is 12.1 Å². The van der Waals surface area contributed by atoms with E-state index in [4.69, 9.17) is 4.52 Å². The first-order chi connectivity index (χ1) is 11.1. The molecule has 0 aliphatic rings. The molecule has 116 valence electrons. The quantitative estimate of drug-likeness (QED) is 0.742. The Morgan fingerprint density at radius 3 is 2.52 bits per heavy atom. The van der Waals surface area contributed by atoms with Crippen LogP contribution in [0.1, 0.15) is 21.6 Å². The van der Waals surface area contributed by atoms with E-state index in [9.17, 15) is 4.79 Å². The van der Waals surface area contributed by atoms with E-state index in [0.29, 0.717) is 23.6 Å². The topological polar surface area (TPSA) is 55.1 Å². The summed E-state index contributed by atoms with van der Waals surface area (Å²) in [5, 5.41) is 6.83. The van der Waals surface area contributed by atoms with E-state index >= 15 is 0 Å². The molecule has 5 heteroatoms. The maximum Gasteiger partial charge on any atom is 0.251 e. The summed E-state index contributed by atoms with van der Waals surface area (Å²) < 4.78 is 6.28. The Labute approximate surface area is 142 Å². The van der Waals surface area contributed by atoms with E-state index < -0.39 is 0 Å². The van der Waals surface area contributed by atoms with Gasteiger partial charge in [-0.05, 0) is 31.2 Å². The summed E-state index contributed by atoms with van der Waals surface area (Å²) in [7, 11) is 0. The molecule has 0 aliphatic heterocycles. The van der Waals surface area contributed by atoms with Gasteiger partial charge in [0.05, 0.1) is 6.54 Å². The first-order valence-corrected chi connectivity index (χ1v) is 7.97. The van der Waals surface area contributed by atoms with Crippen LogP contribution in [0.5, 0.6) is 0 Å². The lowest BCUT2D eigenvalue weighted by Crippen LogP contribution is -2.22. The van der Waals surface area contributed by atoms with E-state index in [1.165, 1.54) is 5.56 Å². The van der Waals surface area contributed by atoms with Gasteiger partial charge in [-0.3, -0.25) is 4.79 Å². The summed E-state index contributed by atoms with van der Waals surface area (Å²) in [5.74, 6) is 0.551. The minimum Gasteiger partial charge on any atom is -0.356 e. The molecule has 23 heavy (non-hydrogen) atoms. The molecule has 0 atom stereocenters. The number of aromatic nitrogens is 1. The number of carbonyl (C=O) groups excluding carboxylic acids is 1. The molecule has 0 aliphatic carbocycles. The summed E-state index contributed by atoms with van der Waals surface area (Å²) in [6.45, 7) is 2.36. The third-order valence-electron chi connectivity index (χ3n) is 3.43. The molecule has 2 aromatic carbocycles. The third kappa shape index (κ3) is 3.87. The molecule has 0 spiro atoms. The smallest absolute Gasteiger partial charge is 0.251 e. The van der Waals surface area contributed by atoms with Gasteiger partial charge < -0.3 is 9.84 Å². The Morgan fingerprint density at radius 1 is 1.13 bits per heavy atom. The van der Waals surface area contributed by atoms with Crippen LogP contribution in [-0.4, -0.2) is 11.1 Å².